The zero-order valence-corrected chi connectivity index (χ0v) is 20.8. The Hall–Kier alpha value is -3.27. The molecule has 1 N–H and O–H groups in total. The molecule has 168 valence electrons. The van der Waals surface area contributed by atoms with Crippen molar-refractivity contribution in [3.8, 4) is 17.6 Å². The Morgan fingerprint density at radius 2 is 1.94 bits per heavy atom. The fourth-order valence-corrected chi connectivity index (χ4v) is 3.88. The van der Waals surface area contributed by atoms with Crippen molar-refractivity contribution in [3.05, 3.63) is 91.9 Å². The summed E-state index contributed by atoms with van der Waals surface area (Å²) < 4.78 is 12.0. The molecule has 0 heterocycles. The summed E-state index contributed by atoms with van der Waals surface area (Å²) in [6.07, 6.45) is 1.51. The minimum absolute atomic E-state index is 0.0328. The van der Waals surface area contributed by atoms with Crippen molar-refractivity contribution in [3.63, 3.8) is 0 Å². The molecule has 5 nitrogen and oxygen atoms in total. The van der Waals surface area contributed by atoms with E-state index in [9.17, 15) is 10.1 Å². The van der Waals surface area contributed by atoms with Crippen molar-refractivity contribution in [2.75, 3.05) is 12.4 Å². The number of anilines is 1. The lowest BCUT2D eigenvalue weighted by atomic mass is 10.1. The number of methoxy groups -OCH3 is 1. The van der Waals surface area contributed by atoms with Gasteiger partial charge >= 0.3 is 0 Å². The number of nitrogens with zero attached hydrogens (tertiary/aromatic N) is 1. The maximum absolute atomic E-state index is 12.7. The second-order valence-corrected chi connectivity index (χ2v) is 8.55. The van der Waals surface area contributed by atoms with Gasteiger partial charge in [-0.05, 0) is 76.8 Å². The SMILES string of the molecule is COc1cc(/C=C(/C#N)C(=O)Nc2cccc(C)c2C)cc(Br)c1OCc1ccccc1Cl. The van der Waals surface area contributed by atoms with Crippen LogP contribution in [0, 0.1) is 25.2 Å². The Kier molecular flexibility index (Phi) is 8.16. The van der Waals surface area contributed by atoms with Gasteiger partial charge in [0.25, 0.3) is 5.91 Å². The van der Waals surface area contributed by atoms with Crippen LogP contribution in [-0.2, 0) is 11.4 Å². The van der Waals surface area contributed by atoms with E-state index in [0.29, 0.717) is 32.2 Å². The number of nitriles is 1. The Morgan fingerprint density at radius 1 is 1.18 bits per heavy atom. The number of aryl methyl sites for hydroxylation is 1. The summed E-state index contributed by atoms with van der Waals surface area (Å²) in [6.45, 7) is 4.14. The number of hydrogen-bond acceptors (Lipinski definition) is 4. The molecular formula is C26H22BrClN2O3. The van der Waals surface area contributed by atoms with E-state index in [0.717, 1.165) is 16.7 Å². The van der Waals surface area contributed by atoms with Gasteiger partial charge < -0.3 is 14.8 Å². The lowest BCUT2D eigenvalue weighted by Crippen LogP contribution is -2.14. The smallest absolute Gasteiger partial charge is 0.266 e. The van der Waals surface area contributed by atoms with E-state index >= 15 is 0 Å². The van der Waals surface area contributed by atoms with E-state index in [4.69, 9.17) is 21.1 Å². The second-order valence-electron chi connectivity index (χ2n) is 7.29. The van der Waals surface area contributed by atoms with Crippen LogP contribution in [0.1, 0.15) is 22.3 Å². The van der Waals surface area contributed by atoms with Crippen molar-refractivity contribution >= 4 is 45.2 Å². The molecule has 3 rings (SSSR count). The molecule has 0 unspecified atom stereocenters. The normalized spacial score (nSPS) is 11.0. The molecule has 0 aliphatic rings. The number of halogens is 2. The van der Waals surface area contributed by atoms with Crippen LogP contribution < -0.4 is 14.8 Å². The number of rotatable bonds is 7. The Labute approximate surface area is 206 Å². The van der Waals surface area contributed by atoms with Crippen LogP contribution in [-0.4, -0.2) is 13.0 Å². The van der Waals surface area contributed by atoms with Crippen molar-refractivity contribution in [1.82, 2.24) is 0 Å². The molecule has 0 saturated carbocycles. The highest BCUT2D eigenvalue weighted by Gasteiger charge is 2.15. The van der Waals surface area contributed by atoms with Crippen LogP contribution in [0.5, 0.6) is 11.5 Å². The zero-order chi connectivity index (χ0) is 24.0. The van der Waals surface area contributed by atoms with E-state index in [1.807, 2.05) is 50.2 Å². The lowest BCUT2D eigenvalue weighted by Gasteiger charge is -2.14. The van der Waals surface area contributed by atoms with Gasteiger partial charge in [0.15, 0.2) is 11.5 Å². The molecule has 0 radical (unpaired) electrons. The first kappa shape index (κ1) is 24.4. The van der Waals surface area contributed by atoms with Crippen LogP contribution in [0.3, 0.4) is 0 Å². The summed E-state index contributed by atoms with van der Waals surface area (Å²) in [5.74, 6) is 0.461. The van der Waals surface area contributed by atoms with E-state index < -0.39 is 5.91 Å². The molecule has 0 spiro atoms. The summed E-state index contributed by atoms with van der Waals surface area (Å²) >= 11 is 9.71. The Morgan fingerprint density at radius 3 is 2.64 bits per heavy atom. The molecule has 7 heteroatoms. The predicted molar refractivity (Wildman–Crippen MR) is 135 cm³/mol. The Bertz CT molecular complexity index is 1260. The van der Waals surface area contributed by atoms with Gasteiger partial charge in [0.05, 0.1) is 11.6 Å². The van der Waals surface area contributed by atoms with Crippen molar-refractivity contribution < 1.29 is 14.3 Å². The van der Waals surface area contributed by atoms with Gasteiger partial charge in [-0.15, -0.1) is 0 Å². The maximum Gasteiger partial charge on any atom is 0.266 e. The topological polar surface area (TPSA) is 71.3 Å². The summed E-state index contributed by atoms with van der Waals surface area (Å²) in [7, 11) is 1.52. The summed E-state index contributed by atoms with van der Waals surface area (Å²) in [5.41, 5.74) is 4.09. The first-order valence-corrected chi connectivity index (χ1v) is 11.2. The molecule has 1 amide bonds. The van der Waals surface area contributed by atoms with Gasteiger partial charge in [-0.2, -0.15) is 5.26 Å². The van der Waals surface area contributed by atoms with Gasteiger partial charge in [0.2, 0.25) is 0 Å². The highest BCUT2D eigenvalue weighted by molar-refractivity contribution is 9.10. The number of carbonyl (C=O) groups is 1. The van der Waals surface area contributed by atoms with Crippen LogP contribution in [0.4, 0.5) is 5.69 Å². The van der Waals surface area contributed by atoms with Crippen LogP contribution in [0.25, 0.3) is 6.08 Å². The van der Waals surface area contributed by atoms with Gasteiger partial charge in [-0.1, -0.05) is 41.9 Å². The number of hydrogen-bond donors (Lipinski definition) is 1. The fourth-order valence-electron chi connectivity index (χ4n) is 3.12. The van der Waals surface area contributed by atoms with Crippen LogP contribution in [0.2, 0.25) is 5.02 Å². The number of carbonyl (C=O) groups excluding carboxylic acids is 1. The van der Waals surface area contributed by atoms with Gasteiger partial charge in [-0.25, -0.2) is 0 Å². The van der Waals surface area contributed by atoms with Gasteiger partial charge in [0.1, 0.15) is 18.2 Å². The molecule has 0 aliphatic heterocycles. The highest BCUT2D eigenvalue weighted by Crippen LogP contribution is 2.38. The third-order valence-corrected chi connectivity index (χ3v) is 6.07. The monoisotopic (exact) mass is 524 g/mol. The maximum atomic E-state index is 12.7. The second kappa shape index (κ2) is 11.0. The minimum Gasteiger partial charge on any atom is -0.493 e. The molecule has 0 aliphatic carbocycles. The molecule has 3 aromatic carbocycles. The number of benzene rings is 3. The number of amides is 1. The average Bonchev–Trinajstić information content (AvgIpc) is 2.80. The van der Waals surface area contributed by atoms with E-state index in [2.05, 4.69) is 21.2 Å². The quantitative estimate of drug-likeness (QED) is 0.270. The van der Waals surface area contributed by atoms with Gasteiger partial charge in [-0.3, -0.25) is 4.79 Å². The third kappa shape index (κ3) is 5.95. The predicted octanol–water partition coefficient (Wildman–Crippen LogP) is 6.85. The lowest BCUT2D eigenvalue weighted by molar-refractivity contribution is -0.112. The first-order valence-electron chi connectivity index (χ1n) is 10.1. The van der Waals surface area contributed by atoms with Crippen LogP contribution in [0.15, 0.2) is 64.6 Å². The molecule has 0 saturated heterocycles. The van der Waals surface area contributed by atoms with Crippen molar-refractivity contribution in [1.29, 1.82) is 5.26 Å². The Balaban J connectivity index is 1.85. The van der Waals surface area contributed by atoms with Crippen LogP contribution >= 0.6 is 27.5 Å². The molecule has 33 heavy (non-hydrogen) atoms. The molecule has 0 aromatic heterocycles. The summed E-state index contributed by atoms with van der Waals surface area (Å²) in [5, 5.41) is 13.0. The summed E-state index contributed by atoms with van der Waals surface area (Å²) in [6, 6.07) is 18.5. The average molecular weight is 526 g/mol. The van der Waals surface area contributed by atoms with E-state index in [1.54, 1.807) is 24.3 Å². The molecular weight excluding hydrogens is 504 g/mol. The standard InChI is InChI=1S/C26H22BrClN2O3/c1-16-7-6-10-23(17(16)2)30-26(31)20(14-29)11-18-12-21(27)25(24(13-18)32-3)33-15-19-8-4-5-9-22(19)28/h4-13H,15H2,1-3H3,(H,30,31)/b20-11-. The highest BCUT2D eigenvalue weighted by atomic mass is 79.9. The van der Waals surface area contributed by atoms with Crippen molar-refractivity contribution in [2.24, 2.45) is 0 Å². The zero-order valence-electron chi connectivity index (χ0n) is 18.4. The number of ether oxygens (including phenoxy) is 2. The molecule has 0 fully saturated rings. The molecule has 0 atom stereocenters. The van der Waals surface area contributed by atoms with E-state index in [1.165, 1.54) is 13.2 Å². The first-order chi connectivity index (χ1) is 15.8. The molecule has 0 bridgehead atoms. The largest absolute Gasteiger partial charge is 0.493 e. The molecule has 3 aromatic rings. The van der Waals surface area contributed by atoms with Gasteiger partial charge in [0, 0.05) is 16.3 Å². The fraction of sp³-hybridized carbons (Fsp3) is 0.154. The third-order valence-electron chi connectivity index (χ3n) is 5.11. The van der Waals surface area contributed by atoms with E-state index in [-0.39, 0.29) is 12.2 Å². The summed E-state index contributed by atoms with van der Waals surface area (Å²) in [4.78, 5) is 12.7. The minimum atomic E-state index is -0.486. The van der Waals surface area contributed by atoms with Crippen molar-refractivity contribution in [2.45, 2.75) is 20.5 Å². The number of nitrogens with one attached hydrogen (secondary N) is 1.